The van der Waals surface area contributed by atoms with Crippen molar-refractivity contribution in [1.29, 1.82) is 0 Å². The van der Waals surface area contributed by atoms with Crippen molar-refractivity contribution in [3.8, 4) is 0 Å². The third-order valence-electron chi connectivity index (χ3n) is 2.09. The van der Waals surface area contributed by atoms with Crippen molar-refractivity contribution in [1.82, 2.24) is 0 Å². The minimum atomic E-state index is -1.22. The Morgan fingerprint density at radius 3 is 2.24 bits per heavy atom. The van der Waals surface area contributed by atoms with Crippen LogP contribution in [-0.4, -0.2) is 55.5 Å². The molecule has 0 saturated heterocycles. The second-order valence-corrected chi connectivity index (χ2v) is 5.66. The SMILES string of the molecule is CCC(S)C(=O)OC(CC(=O)[O-])C[N+](C)(C)C. The van der Waals surface area contributed by atoms with Gasteiger partial charge in [-0.3, -0.25) is 4.79 Å². The van der Waals surface area contributed by atoms with Crippen molar-refractivity contribution in [2.24, 2.45) is 0 Å². The van der Waals surface area contributed by atoms with Gasteiger partial charge in [-0.2, -0.15) is 12.6 Å². The van der Waals surface area contributed by atoms with Gasteiger partial charge in [0.1, 0.15) is 6.54 Å². The second kappa shape index (κ2) is 6.86. The van der Waals surface area contributed by atoms with Crippen LogP contribution in [0.1, 0.15) is 19.8 Å². The minimum absolute atomic E-state index is 0.286. The predicted octanol–water partition coefficient (Wildman–Crippen LogP) is -0.547. The van der Waals surface area contributed by atoms with Crippen LogP contribution in [0.15, 0.2) is 0 Å². The third kappa shape index (κ3) is 8.04. The molecule has 2 atom stereocenters. The molecule has 0 aromatic heterocycles. The fraction of sp³-hybridized carbons (Fsp3) is 0.818. The molecule has 0 fully saturated rings. The highest BCUT2D eigenvalue weighted by Crippen LogP contribution is 2.09. The van der Waals surface area contributed by atoms with Crippen LogP contribution in [-0.2, 0) is 14.3 Å². The molecule has 0 N–H and O–H groups in total. The number of hydrogen-bond donors (Lipinski definition) is 1. The quantitative estimate of drug-likeness (QED) is 0.380. The van der Waals surface area contributed by atoms with Gasteiger partial charge in [0.05, 0.1) is 26.4 Å². The van der Waals surface area contributed by atoms with Crippen LogP contribution in [0, 0.1) is 0 Å². The maximum atomic E-state index is 11.5. The highest BCUT2D eigenvalue weighted by atomic mass is 32.1. The lowest BCUT2D eigenvalue weighted by molar-refractivity contribution is -0.873. The molecule has 5 nitrogen and oxygen atoms in total. The molecule has 2 unspecified atom stereocenters. The first kappa shape index (κ1) is 16.2. The van der Waals surface area contributed by atoms with Crippen molar-refractivity contribution < 1.29 is 23.9 Å². The highest BCUT2D eigenvalue weighted by molar-refractivity contribution is 7.81. The standard InChI is InChI=1S/C11H21NO4S/c1-5-9(17)11(15)16-8(6-10(13)14)7-12(2,3)4/h8-9H,5-7H2,1-4H3,(H-,13,14,17). The van der Waals surface area contributed by atoms with Crippen molar-refractivity contribution in [3.05, 3.63) is 0 Å². The molecule has 0 aliphatic heterocycles. The van der Waals surface area contributed by atoms with E-state index in [0.29, 0.717) is 17.4 Å². The van der Waals surface area contributed by atoms with Crippen LogP contribution >= 0.6 is 12.6 Å². The number of aliphatic carboxylic acids is 1. The van der Waals surface area contributed by atoms with Gasteiger partial charge in [0.15, 0.2) is 6.10 Å². The summed E-state index contributed by atoms with van der Waals surface area (Å²) in [6.45, 7) is 2.23. The van der Waals surface area contributed by atoms with Gasteiger partial charge in [0.2, 0.25) is 0 Å². The van der Waals surface area contributed by atoms with Crippen molar-refractivity contribution in [2.45, 2.75) is 31.1 Å². The normalized spacial score (nSPS) is 15.1. The van der Waals surface area contributed by atoms with Gasteiger partial charge in [-0.15, -0.1) is 0 Å². The number of thiol groups is 1. The highest BCUT2D eigenvalue weighted by Gasteiger charge is 2.24. The van der Waals surface area contributed by atoms with E-state index in [2.05, 4.69) is 12.6 Å². The topological polar surface area (TPSA) is 66.4 Å². The van der Waals surface area contributed by atoms with Crippen LogP contribution < -0.4 is 5.11 Å². The average molecular weight is 263 g/mol. The van der Waals surface area contributed by atoms with E-state index >= 15 is 0 Å². The molecule has 0 heterocycles. The molecule has 0 aromatic carbocycles. The summed E-state index contributed by atoms with van der Waals surface area (Å²) in [5.74, 6) is -1.70. The lowest BCUT2D eigenvalue weighted by Crippen LogP contribution is -2.45. The van der Waals surface area contributed by atoms with Gasteiger partial charge in [-0.1, -0.05) is 6.92 Å². The summed E-state index contributed by atoms with van der Waals surface area (Å²) in [6, 6.07) is 0. The second-order valence-electron chi connectivity index (χ2n) is 5.03. The summed E-state index contributed by atoms with van der Waals surface area (Å²) in [5.41, 5.74) is 0. The predicted molar refractivity (Wildman–Crippen MR) is 65.5 cm³/mol. The Hall–Kier alpha value is -0.750. The monoisotopic (exact) mass is 263 g/mol. The zero-order valence-corrected chi connectivity index (χ0v) is 11.7. The summed E-state index contributed by atoms with van der Waals surface area (Å²) in [7, 11) is 5.69. The maximum Gasteiger partial charge on any atom is 0.319 e. The molecule has 0 aromatic rings. The molecule has 0 saturated carbocycles. The van der Waals surface area contributed by atoms with Crippen molar-refractivity contribution >= 4 is 24.6 Å². The van der Waals surface area contributed by atoms with Gasteiger partial charge >= 0.3 is 5.97 Å². The fourth-order valence-electron chi connectivity index (χ4n) is 1.35. The molecule has 6 heteroatoms. The lowest BCUT2D eigenvalue weighted by Gasteiger charge is -2.29. The number of ether oxygens (including phenoxy) is 1. The van der Waals surface area contributed by atoms with Crippen LogP contribution in [0.25, 0.3) is 0 Å². The minimum Gasteiger partial charge on any atom is -0.550 e. The average Bonchev–Trinajstić information content (AvgIpc) is 2.12. The number of carbonyl (C=O) groups is 2. The summed E-state index contributed by atoms with van der Waals surface area (Å²) >= 11 is 4.06. The Labute approximate surface area is 108 Å². The molecule has 100 valence electrons. The number of nitrogens with zero attached hydrogens (tertiary/aromatic N) is 1. The Kier molecular flexibility index (Phi) is 6.56. The van der Waals surface area contributed by atoms with Crippen LogP contribution in [0.5, 0.6) is 0 Å². The third-order valence-corrected chi connectivity index (χ3v) is 2.66. The molecule has 17 heavy (non-hydrogen) atoms. The smallest absolute Gasteiger partial charge is 0.319 e. The van der Waals surface area contributed by atoms with Gasteiger partial charge in [-0.05, 0) is 6.42 Å². The van der Waals surface area contributed by atoms with E-state index in [1.165, 1.54) is 0 Å². The van der Waals surface area contributed by atoms with Crippen molar-refractivity contribution in [2.75, 3.05) is 27.7 Å². The van der Waals surface area contributed by atoms with Gasteiger partial charge < -0.3 is 19.1 Å². The van der Waals surface area contributed by atoms with Crippen molar-refractivity contribution in [3.63, 3.8) is 0 Å². The molecule has 0 rings (SSSR count). The number of carbonyl (C=O) groups excluding carboxylic acids is 2. The Balaban J connectivity index is 4.48. The molecule has 0 radical (unpaired) electrons. The summed E-state index contributed by atoms with van der Waals surface area (Å²) < 4.78 is 5.65. The number of quaternary nitrogens is 1. The maximum absolute atomic E-state index is 11.5. The fourth-order valence-corrected chi connectivity index (χ4v) is 1.41. The number of rotatable bonds is 7. The van der Waals surface area contributed by atoms with E-state index in [9.17, 15) is 14.7 Å². The molecule has 0 spiro atoms. The molecule has 0 bridgehead atoms. The summed E-state index contributed by atoms with van der Waals surface area (Å²) in [4.78, 5) is 22.1. The zero-order valence-electron chi connectivity index (χ0n) is 10.8. The van der Waals surface area contributed by atoms with E-state index < -0.39 is 23.3 Å². The van der Waals surface area contributed by atoms with E-state index in [4.69, 9.17) is 4.74 Å². The van der Waals surface area contributed by atoms with E-state index in [1.807, 2.05) is 28.1 Å². The number of carboxylic acid groups (broad SMARTS) is 1. The van der Waals surface area contributed by atoms with Gasteiger partial charge in [0, 0.05) is 12.4 Å². The summed E-state index contributed by atoms with van der Waals surface area (Å²) in [6.07, 6.45) is -0.413. The van der Waals surface area contributed by atoms with E-state index in [1.54, 1.807) is 0 Å². The van der Waals surface area contributed by atoms with E-state index in [0.717, 1.165) is 0 Å². The number of carboxylic acids is 1. The summed E-state index contributed by atoms with van der Waals surface area (Å²) in [5, 5.41) is 10.1. The molecule has 0 aliphatic rings. The first-order valence-electron chi connectivity index (χ1n) is 5.54. The van der Waals surface area contributed by atoms with E-state index in [-0.39, 0.29) is 6.42 Å². The first-order chi connectivity index (χ1) is 7.65. The van der Waals surface area contributed by atoms with Gasteiger partial charge in [-0.25, -0.2) is 0 Å². The van der Waals surface area contributed by atoms with Crippen LogP contribution in [0.4, 0.5) is 0 Å². The van der Waals surface area contributed by atoms with Crippen LogP contribution in [0.2, 0.25) is 0 Å². The van der Waals surface area contributed by atoms with Crippen LogP contribution in [0.3, 0.4) is 0 Å². The Morgan fingerprint density at radius 1 is 1.35 bits per heavy atom. The zero-order chi connectivity index (χ0) is 13.6. The number of likely N-dealkylation sites (N-methyl/N-ethyl adjacent to an activating group) is 1. The Bertz CT molecular complexity index is 275. The largest absolute Gasteiger partial charge is 0.550 e. The Morgan fingerprint density at radius 2 is 1.88 bits per heavy atom. The molecule has 0 aliphatic carbocycles. The number of esters is 1. The molecular formula is C11H21NO4S. The molecule has 0 amide bonds. The lowest BCUT2D eigenvalue weighted by atomic mass is 10.2. The first-order valence-corrected chi connectivity index (χ1v) is 6.06. The molecular weight excluding hydrogens is 242 g/mol. The number of hydrogen-bond acceptors (Lipinski definition) is 5. The van der Waals surface area contributed by atoms with Gasteiger partial charge in [0.25, 0.3) is 0 Å².